The second-order valence-corrected chi connectivity index (χ2v) is 3.83. The Morgan fingerprint density at radius 3 is 2.47 bits per heavy atom. The van der Waals surface area contributed by atoms with E-state index in [0.29, 0.717) is 10.2 Å². The molecule has 90 valence electrons. The summed E-state index contributed by atoms with van der Waals surface area (Å²) in [4.78, 5) is 18.2. The summed E-state index contributed by atoms with van der Waals surface area (Å²) in [5.41, 5.74) is 16.1. The Labute approximate surface area is 105 Å². The van der Waals surface area contributed by atoms with E-state index in [1.807, 2.05) is 0 Å². The summed E-state index contributed by atoms with van der Waals surface area (Å²) in [6.45, 7) is 0. The zero-order chi connectivity index (χ0) is 13.0. The Kier molecular flexibility index (Phi) is 4.05. The first-order valence-corrected chi connectivity index (χ1v) is 5.16. The van der Waals surface area contributed by atoms with Crippen molar-refractivity contribution in [2.75, 3.05) is 0 Å². The van der Waals surface area contributed by atoms with Crippen LogP contribution < -0.4 is 17.2 Å². The van der Waals surface area contributed by atoms with Gasteiger partial charge in [0.2, 0.25) is 5.96 Å². The number of guanidine groups is 2. The Morgan fingerprint density at radius 2 is 1.94 bits per heavy atom. The minimum atomic E-state index is -1.06. The van der Waals surface area contributed by atoms with Gasteiger partial charge in [-0.25, -0.2) is 9.79 Å². The van der Waals surface area contributed by atoms with Gasteiger partial charge < -0.3 is 22.3 Å². The number of halogens is 1. The molecule has 1 aromatic carbocycles. The smallest absolute Gasteiger partial charge is 0.335 e. The molecule has 1 rings (SSSR count). The fraction of sp³-hybridized carbons (Fsp3) is 0. The third-order valence-electron chi connectivity index (χ3n) is 1.67. The van der Waals surface area contributed by atoms with Crippen molar-refractivity contribution in [3.05, 3.63) is 28.2 Å². The number of hydrogen-bond acceptors (Lipinski definition) is 2. The highest BCUT2D eigenvalue weighted by molar-refractivity contribution is 9.10. The topological polar surface area (TPSA) is 140 Å². The van der Waals surface area contributed by atoms with Crippen LogP contribution in [0.5, 0.6) is 0 Å². The molecule has 0 fully saturated rings. The normalized spacial score (nSPS) is 11.0. The lowest BCUT2D eigenvalue weighted by atomic mass is 10.2. The number of aromatic carboxylic acids is 1. The first-order valence-electron chi connectivity index (χ1n) is 4.37. The third-order valence-corrected chi connectivity index (χ3v) is 2.34. The van der Waals surface area contributed by atoms with E-state index in [1.54, 1.807) is 6.07 Å². The number of nitrogens with two attached hydrogens (primary N) is 3. The van der Waals surface area contributed by atoms with E-state index < -0.39 is 5.97 Å². The van der Waals surface area contributed by atoms with Gasteiger partial charge in [0.1, 0.15) is 0 Å². The van der Waals surface area contributed by atoms with Crippen LogP contribution in [0, 0.1) is 0 Å². The van der Waals surface area contributed by atoms with Crippen LogP contribution in [-0.4, -0.2) is 23.0 Å². The summed E-state index contributed by atoms with van der Waals surface area (Å²) in [6.07, 6.45) is 0. The monoisotopic (exact) mass is 299 g/mol. The van der Waals surface area contributed by atoms with E-state index >= 15 is 0 Å². The number of hydrogen-bond donors (Lipinski definition) is 4. The van der Waals surface area contributed by atoms with Crippen LogP contribution in [0.1, 0.15) is 10.4 Å². The maximum absolute atomic E-state index is 10.8. The van der Waals surface area contributed by atoms with Crippen LogP contribution >= 0.6 is 15.9 Å². The highest BCUT2D eigenvalue weighted by Gasteiger charge is 2.06. The molecule has 0 aliphatic heterocycles. The van der Waals surface area contributed by atoms with Crippen molar-refractivity contribution >= 4 is 39.5 Å². The first-order chi connectivity index (χ1) is 7.90. The zero-order valence-corrected chi connectivity index (χ0v) is 10.2. The van der Waals surface area contributed by atoms with E-state index in [2.05, 4.69) is 25.9 Å². The van der Waals surface area contributed by atoms with Crippen LogP contribution in [0.25, 0.3) is 0 Å². The van der Waals surface area contributed by atoms with Crippen molar-refractivity contribution in [1.82, 2.24) is 0 Å². The van der Waals surface area contributed by atoms with E-state index in [0.717, 1.165) is 0 Å². The molecule has 0 unspecified atom stereocenters. The van der Waals surface area contributed by atoms with Gasteiger partial charge in [-0.05, 0) is 34.1 Å². The molecular formula is C9H10BrN5O2. The van der Waals surface area contributed by atoms with Gasteiger partial charge in [-0.1, -0.05) is 0 Å². The summed E-state index contributed by atoms with van der Waals surface area (Å²) in [7, 11) is 0. The quantitative estimate of drug-likeness (QED) is 0.461. The first kappa shape index (κ1) is 13.0. The molecule has 0 aliphatic carbocycles. The third kappa shape index (κ3) is 3.76. The average molecular weight is 300 g/mol. The van der Waals surface area contributed by atoms with Crippen molar-refractivity contribution in [2.24, 2.45) is 27.2 Å². The number of aliphatic imine (C=N–C) groups is 2. The molecule has 0 saturated heterocycles. The van der Waals surface area contributed by atoms with Crippen LogP contribution in [0.4, 0.5) is 5.69 Å². The summed E-state index contributed by atoms with van der Waals surface area (Å²) >= 11 is 3.21. The van der Waals surface area contributed by atoms with E-state index in [-0.39, 0.29) is 17.5 Å². The van der Waals surface area contributed by atoms with E-state index in [9.17, 15) is 4.79 Å². The molecule has 0 heterocycles. The van der Waals surface area contributed by atoms with Gasteiger partial charge >= 0.3 is 5.97 Å². The summed E-state index contributed by atoms with van der Waals surface area (Å²) in [5.74, 6) is -1.45. The lowest BCUT2D eigenvalue weighted by Gasteiger charge is -2.01. The van der Waals surface area contributed by atoms with Crippen molar-refractivity contribution in [1.29, 1.82) is 0 Å². The predicted octanol–water partition coefficient (Wildman–Crippen LogP) is 0.367. The van der Waals surface area contributed by atoms with Crippen molar-refractivity contribution in [3.8, 4) is 0 Å². The van der Waals surface area contributed by atoms with Crippen LogP contribution in [0.15, 0.2) is 32.7 Å². The zero-order valence-electron chi connectivity index (χ0n) is 8.59. The molecule has 0 aliphatic rings. The number of carbonyl (C=O) groups is 1. The Hall–Kier alpha value is -2.09. The highest BCUT2D eigenvalue weighted by atomic mass is 79.9. The number of carboxylic acid groups (broad SMARTS) is 1. The molecule has 8 heteroatoms. The lowest BCUT2D eigenvalue weighted by molar-refractivity contribution is 0.0697. The summed E-state index contributed by atoms with van der Waals surface area (Å²) in [6, 6.07) is 4.33. The minimum absolute atomic E-state index is 0.0875. The molecule has 0 saturated carbocycles. The Morgan fingerprint density at radius 1 is 1.29 bits per heavy atom. The molecular weight excluding hydrogens is 290 g/mol. The maximum atomic E-state index is 10.8. The SMILES string of the molecule is NC(N)=NC(N)=Nc1cc(C(=O)O)ccc1Br. The summed E-state index contributed by atoms with van der Waals surface area (Å²) < 4.78 is 0.580. The van der Waals surface area contributed by atoms with Gasteiger partial charge in [-0.15, -0.1) is 0 Å². The Bertz CT molecular complexity index is 508. The average Bonchev–Trinajstić information content (AvgIpc) is 2.19. The minimum Gasteiger partial charge on any atom is -0.478 e. The Balaban J connectivity index is 3.18. The van der Waals surface area contributed by atoms with Gasteiger partial charge in [-0.2, -0.15) is 4.99 Å². The highest BCUT2D eigenvalue weighted by Crippen LogP contribution is 2.26. The van der Waals surface area contributed by atoms with Crippen LogP contribution in [0.2, 0.25) is 0 Å². The predicted molar refractivity (Wildman–Crippen MR) is 68.2 cm³/mol. The largest absolute Gasteiger partial charge is 0.478 e. The van der Waals surface area contributed by atoms with E-state index in [4.69, 9.17) is 22.3 Å². The number of nitrogens with zero attached hydrogens (tertiary/aromatic N) is 2. The van der Waals surface area contributed by atoms with Gasteiger partial charge in [0.25, 0.3) is 0 Å². The second kappa shape index (κ2) is 5.30. The van der Waals surface area contributed by atoms with Gasteiger partial charge in [-0.3, -0.25) is 0 Å². The molecule has 0 aromatic heterocycles. The fourth-order valence-electron chi connectivity index (χ4n) is 1.01. The molecule has 0 bridgehead atoms. The molecule has 0 amide bonds. The van der Waals surface area contributed by atoms with Gasteiger partial charge in [0, 0.05) is 4.47 Å². The van der Waals surface area contributed by atoms with Crippen molar-refractivity contribution < 1.29 is 9.90 Å². The van der Waals surface area contributed by atoms with E-state index in [1.165, 1.54) is 12.1 Å². The molecule has 0 spiro atoms. The molecule has 7 nitrogen and oxygen atoms in total. The molecule has 7 N–H and O–H groups in total. The molecule has 0 radical (unpaired) electrons. The molecule has 17 heavy (non-hydrogen) atoms. The fourth-order valence-corrected chi connectivity index (χ4v) is 1.35. The summed E-state index contributed by atoms with van der Waals surface area (Å²) in [5, 5.41) is 8.82. The van der Waals surface area contributed by atoms with Crippen LogP contribution in [-0.2, 0) is 0 Å². The van der Waals surface area contributed by atoms with Gasteiger partial charge in [0.05, 0.1) is 11.3 Å². The standard InChI is InChI=1S/C9H10BrN5O2/c10-5-2-1-4(7(16)17)3-6(5)14-9(13)15-8(11)12/h1-3H,(H,16,17)(H6,11,12,13,14,15). The lowest BCUT2D eigenvalue weighted by Crippen LogP contribution is -2.26. The number of benzene rings is 1. The van der Waals surface area contributed by atoms with Crippen molar-refractivity contribution in [2.45, 2.75) is 0 Å². The maximum Gasteiger partial charge on any atom is 0.335 e. The number of carboxylic acids is 1. The number of rotatable bonds is 2. The molecule has 1 aromatic rings. The second-order valence-electron chi connectivity index (χ2n) is 2.98. The van der Waals surface area contributed by atoms with Crippen molar-refractivity contribution in [3.63, 3.8) is 0 Å². The van der Waals surface area contributed by atoms with Crippen LogP contribution in [0.3, 0.4) is 0 Å². The van der Waals surface area contributed by atoms with Gasteiger partial charge in [0.15, 0.2) is 5.96 Å². The molecule has 0 atom stereocenters.